The molecule has 0 saturated carbocycles. The minimum absolute atomic E-state index is 0.0489. The molecular formula is C23H21F2N3O4S. The molecule has 0 aliphatic heterocycles. The smallest absolute Gasteiger partial charge is 0.387 e. The average Bonchev–Trinajstić information content (AvgIpc) is 2.76. The van der Waals surface area contributed by atoms with Crippen molar-refractivity contribution in [2.24, 2.45) is 5.10 Å². The Hall–Kier alpha value is -3.79. The van der Waals surface area contributed by atoms with E-state index in [4.69, 9.17) is 0 Å². The quantitative estimate of drug-likeness (QED) is 0.373. The molecule has 10 heteroatoms. The van der Waals surface area contributed by atoms with Crippen LogP contribution in [0.5, 0.6) is 5.75 Å². The SMILES string of the molecule is Cc1ccc(NS(=O)(=O)c2cccc(C(=O)N/N=C\c3ccccc3OC(F)F)c2)c(C)c1. The van der Waals surface area contributed by atoms with Crippen molar-refractivity contribution in [3.8, 4) is 5.75 Å². The summed E-state index contributed by atoms with van der Waals surface area (Å²) in [6, 6.07) is 16.7. The molecule has 33 heavy (non-hydrogen) atoms. The average molecular weight is 474 g/mol. The molecule has 0 fully saturated rings. The summed E-state index contributed by atoms with van der Waals surface area (Å²) in [6.07, 6.45) is 1.15. The number of amides is 1. The Morgan fingerprint density at radius 3 is 2.52 bits per heavy atom. The molecule has 0 spiro atoms. The molecular weight excluding hydrogens is 452 g/mol. The van der Waals surface area contributed by atoms with Gasteiger partial charge in [0.25, 0.3) is 15.9 Å². The number of benzene rings is 3. The van der Waals surface area contributed by atoms with Crippen molar-refractivity contribution in [2.45, 2.75) is 25.4 Å². The van der Waals surface area contributed by atoms with Gasteiger partial charge in [0, 0.05) is 11.1 Å². The van der Waals surface area contributed by atoms with Crippen LogP contribution in [0.25, 0.3) is 0 Å². The van der Waals surface area contributed by atoms with Crippen LogP contribution >= 0.6 is 0 Å². The number of aryl methyl sites for hydroxylation is 2. The van der Waals surface area contributed by atoms with E-state index in [0.29, 0.717) is 5.69 Å². The highest BCUT2D eigenvalue weighted by Crippen LogP contribution is 2.22. The second-order valence-corrected chi connectivity index (χ2v) is 8.75. The lowest BCUT2D eigenvalue weighted by Gasteiger charge is -2.12. The van der Waals surface area contributed by atoms with E-state index in [-0.39, 0.29) is 21.8 Å². The highest BCUT2D eigenvalue weighted by Gasteiger charge is 2.17. The van der Waals surface area contributed by atoms with Crippen molar-refractivity contribution in [3.05, 3.63) is 89.0 Å². The van der Waals surface area contributed by atoms with E-state index in [1.165, 1.54) is 42.5 Å². The van der Waals surface area contributed by atoms with Crippen LogP contribution in [0.3, 0.4) is 0 Å². The fraction of sp³-hybridized carbons (Fsp3) is 0.130. The summed E-state index contributed by atoms with van der Waals surface area (Å²) in [5, 5.41) is 3.75. The Balaban J connectivity index is 1.74. The summed E-state index contributed by atoms with van der Waals surface area (Å²) in [6.45, 7) is 0.688. The number of alkyl halides is 2. The van der Waals surface area contributed by atoms with Crippen molar-refractivity contribution >= 4 is 27.8 Å². The van der Waals surface area contributed by atoms with Crippen molar-refractivity contribution in [2.75, 3.05) is 4.72 Å². The van der Waals surface area contributed by atoms with E-state index in [9.17, 15) is 22.0 Å². The zero-order valence-electron chi connectivity index (χ0n) is 17.7. The third-order valence-corrected chi connectivity index (χ3v) is 5.90. The molecule has 1 amide bonds. The number of hydrogen-bond donors (Lipinski definition) is 2. The van der Waals surface area contributed by atoms with E-state index < -0.39 is 22.5 Å². The van der Waals surface area contributed by atoms with Gasteiger partial charge in [0.15, 0.2) is 0 Å². The molecule has 3 rings (SSSR count). The maximum absolute atomic E-state index is 12.8. The molecule has 0 saturated heterocycles. The lowest BCUT2D eigenvalue weighted by molar-refractivity contribution is -0.0499. The number of carbonyl (C=O) groups is 1. The molecule has 0 unspecified atom stereocenters. The Morgan fingerprint density at radius 1 is 1.03 bits per heavy atom. The molecule has 3 aromatic rings. The number of nitrogens with zero attached hydrogens (tertiary/aromatic N) is 1. The zero-order chi connectivity index (χ0) is 24.0. The van der Waals surface area contributed by atoms with Crippen LogP contribution in [-0.2, 0) is 10.0 Å². The van der Waals surface area contributed by atoms with Crippen molar-refractivity contribution < 1.29 is 26.7 Å². The number of para-hydroxylation sites is 1. The van der Waals surface area contributed by atoms with E-state index in [1.54, 1.807) is 25.1 Å². The van der Waals surface area contributed by atoms with Gasteiger partial charge >= 0.3 is 6.61 Å². The van der Waals surface area contributed by atoms with E-state index in [1.807, 2.05) is 13.0 Å². The molecule has 0 aliphatic rings. The molecule has 0 radical (unpaired) electrons. The highest BCUT2D eigenvalue weighted by molar-refractivity contribution is 7.92. The van der Waals surface area contributed by atoms with Crippen LogP contribution in [0.4, 0.5) is 14.5 Å². The van der Waals surface area contributed by atoms with Crippen molar-refractivity contribution in [3.63, 3.8) is 0 Å². The second kappa shape index (κ2) is 10.2. The lowest BCUT2D eigenvalue weighted by Crippen LogP contribution is -2.19. The number of halogens is 2. The van der Waals surface area contributed by atoms with Gasteiger partial charge in [-0.25, -0.2) is 13.8 Å². The third-order valence-electron chi connectivity index (χ3n) is 4.54. The number of sulfonamides is 1. The maximum Gasteiger partial charge on any atom is 0.387 e. The first kappa shape index (κ1) is 23.9. The first-order valence-electron chi connectivity index (χ1n) is 9.73. The summed E-state index contributed by atoms with van der Waals surface area (Å²) in [4.78, 5) is 12.3. The van der Waals surface area contributed by atoms with Gasteiger partial charge in [-0.2, -0.15) is 13.9 Å². The summed E-state index contributed by atoms with van der Waals surface area (Å²) >= 11 is 0. The van der Waals surface area contributed by atoms with Gasteiger partial charge in [-0.1, -0.05) is 35.9 Å². The van der Waals surface area contributed by atoms with E-state index in [2.05, 4.69) is 20.0 Å². The summed E-state index contributed by atoms with van der Waals surface area (Å²) < 4.78 is 57.5. The number of anilines is 1. The molecule has 2 N–H and O–H groups in total. The second-order valence-electron chi connectivity index (χ2n) is 7.07. The Labute approximate surface area is 190 Å². The zero-order valence-corrected chi connectivity index (χ0v) is 18.6. The van der Waals surface area contributed by atoms with Gasteiger partial charge in [0.1, 0.15) is 5.75 Å². The van der Waals surface area contributed by atoms with Gasteiger partial charge in [0.2, 0.25) is 0 Å². The third kappa shape index (κ3) is 6.36. The predicted molar refractivity (Wildman–Crippen MR) is 121 cm³/mol. The fourth-order valence-corrected chi connectivity index (χ4v) is 4.13. The molecule has 7 nitrogen and oxygen atoms in total. The van der Waals surface area contributed by atoms with Crippen LogP contribution in [0, 0.1) is 13.8 Å². The number of nitrogens with one attached hydrogen (secondary N) is 2. The van der Waals surface area contributed by atoms with Gasteiger partial charge in [-0.05, 0) is 55.8 Å². The molecule has 172 valence electrons. The summed E-state index contributed by atoms with van der Waals surface area (Å²) in [5.74, 6) is -0.780. The minimum Gasteiger partial charge on any atom is -0.434 e. The van der Waals surface area contributed by atoms with Crippen LogP contribution in [-0.4, -0.2) is 27.2 Å². The number of ether oxygens (including phenoxy) is 1. The van der Waals surface area contributed by atoms with Crippen molar-refractivity contribution in [1.29, 1.82) is 0 Å². The lowest BCUT2D eigenvalue weighted by atomic mass is 10.1. The number of hydrogen-bond acceptors (Lipinski definition) is 5. The number of carbonyl (C=O) groups excluding carboxylic acids is 1. The summed E-state index contributed by atoms with van der Waals surface area (Å²) in [7, 11) is -3.94. The molecule has 0 aliphatic carbocycles. The molecule has 0 atom stereocenters. The van der Waals surface area contributed by atoms with Crippen LogP contribution < -0.4 is 14.9 Å². The van der Waals surface area contributed by atoms with Gasteiger partial charge in [-0.3, -0.25) is 9.52 Å². The van der Waals surface area contributed by atoms with Crippen LogP contribution in [0.1, 0.15) is 27.0 Å². The Bertz CT molecular complexity index is 1290. The molecule has 0 aromatic heterocycles. The topological polar surface area (TPSA) is 96.9 Å². The van der Waals surface area contributed by atoms with E-state index >= 15 is 0 Å². The van der Waals surface area contributed by atoms with Crippen LogP contribution in [0.15, 0.2) is 76.7 Å². The predicted octanol–water partition coefficient (Wildman–Crippen LogP) is 4.47. The first-order valence-corrected chi connectivity index (χ1v) is 11.2. The largest absolute Gasteiger partial charge is 0.434 e. The molecule has 0 bridgehead atoms. The first-order chi connectivity index (χ1) is 15.7. The minimum atomic E-state index is -3.94. The standard InChI is InChI=1S/C23H21F2N3O4S/c1-15-10-11-20(16(2)12-15)28-33(30,31)19-8-5-7-17(13-19)22(29)27-26-14-18-6-3-4-9-21(18)32-23(24)25/h3-14,23,28H,1-2H3,(H,27,29)/b26-14-. The Kier molecular flexibility index (Phi) is 7.39. The fourth-order valence-electron chi connectivity index (χ4n) is 2.95. The molecule has 3 aromatic carbocycles. The number of hydrazone groups is 1. The van der Waals surface area contributed by atoms with Gasteiger partial charge < -0.3 is 4.74 Å². The van der Waals surface area contributed by atoms with Crippen LogP contribution in [0.2, 0.25) is 0 Å². The number of rotatable bonds is 8. The highest BCUT2D eigenvalue weighted by atomic mass is 32.2. The summed E-state index contributed by atoms with van der Waals surface area (Å²) in [5.41, 5.74) is 4.72. The maximum atomic E-state index is 12.8. The van der Waals surface area contributed by atoms with Gasteiger partial charge in [0.05, 0.1) is 16.8 Å². The molecule has 0 heterocycles. The monoisotopic (exact) mass is 473 g/mol. The Morgan fingerprint density at radius 2 is 1.79 bits per heavy atom. The van der Waals surface area contributed by atoms with Gasteiger partial charge in [-0.15, -0.1) is 0 Å². The normalized spacial score (nSPS) is 11.5. The van der Waals surface area contributed by atoms with E-state index in [0.717, 1.165) is 17.3 Å². The van der Waals surface area contributed by atoms with Crippen molar-refractivity contribution in [1.82, 2.24) is 5.43 Å².